The van der Waals surface area contributed by atoms with Crippen LogP contribution in [0.1, 0.15) is 41.9 Å². The molecule has 1 fully saturated rings. The van der Waals surface area contributed by atoms with Crippen LogP contribution in [-0.4, -0.2) is 23.5 Å². The first-order chi connectivity index (χ1) is 11.7. The van der Waals surface area contributed by atoms with E-state index in [4.69, 9.17) is 5.73 Å². The highest BCUT2D eigenvalue weighted by molar-refractivity contribution is 7.09. The van der Waals surface area contributed by atoms with Crippen molar-refractivity contribution in [3.63, 3.8) is 0 Å². The molecule has 1 amide bonds. The zero-order chi connectivity index (χ0) is 16.8. The Hall–Kier alpha value is -1.72. The van der Waals surface area contributed by atoms with Crippen LogP contribution >= 0.6 is 11.3 Å². The molecule has 5 heteroatoms. The van der Waals surface area contributed by atoms with Crippen molar-refractivity contribution in [3.05, 3.63) is 52.0 Å². The molecule has 1 saturated carbocycles. The number of thiazole rings is 1. The molecule has 1 heterocycles. The van der Waals surface area contributed by atoms with E-state index >= 15 is 0 Å². The summed E-state index contributed by atoms with van der Waals surface area (Å²) in [6.45, 7) is 0.656. The Labute approximate surface area is 147 Å². The minimum atomic E-state index is 0.0666. The standard InChI is InChI=1S/C19H25N3OS/c20-12-15-8-4-5-9-17(15)22-18(23)11-16-13-24-19(21-16)10-14-6-2-1-3-7-14/h1-3,6-7,13,15,17H,4-5,8-12,20H2,(H,22,23). The van der Waals surface area contributed by atoms with E-state index < -0.39 is 0 Å². The number of carbonyl (C=O) groups excluding carboxylic acids is 1. The van der Waals surface area contributed by atoms with Crippen molar-refractivity contribution in [2.24, 2.45) is 11.7 Å². The first-order valence-electron chi connectivity index (χ1n) is 8.71. The SMILES string of the molecule is NCC1CCCCC1NC(=O)Cc1csc(Cc2ccccc2)n1. The highest BCUT2D eigenvalue weighted by atomic mass is 32.1. The maximum atomic E-state index is 12.3. The molecule has 1 aromatic carbocycles. The predicted octanol–water partition coefficient (Wildman–Crippen LogP) is 2.91. The zero-order valence-electron chi connectivity index (χ0n) is 13.9. The number of nitrogens with one attached hydrogen (secondary N) is 1. The Kier molecular flexibility index (Phi) is 5.99. The van der Waals surface area contributed by atoms with E-state index in [2.05, 4.69) is 22.4 Å². The molecule has 0 radical (unpaired) electrons. The molecule has 2 atom stereocenters. The van der Waals surface area contributed by atoms with Crippen molar-refractivity contribution in [2.75, 3.05) is 6.54 Å². The van der Waals surface area contributed by atoms with Gasteiger partial charge in [-0.05, 0) is 30.9 Å². The van der Waals surface area contributed by atoms with Crippen LogP contribution in [0.15, 0.2) is 35.7 Å². The normalized spacial score (nSPS) is 20.7. The molecule has 3 N–H and O–H groups in total. The van der Waals surface area contributed by atoms with E-state index in [-0.39, 0.29) is 11.9 Å². The molecular formula is C19H25N3OS. The number of rotatable bonds is 6. The largest absolute Gasteiger partial charge is 0.353 e. The van der Waals surface area contributed by atoms with Gasteiger partial charge in [0.05, 0.1) is 17.1 Å². The molecule has 0 bridgehead atoms. The van der Waals surface area contributed by atoms with Crippen molar-refractivity contribution in [1.29, 1.82) is 0 Å². The summed E-state index contributed by atoms with van der Waals surface area (Å²) in [5.74, 6) is 0.490. The lowest BCUT2D eigenvalue weighted by Gasteiger charge is -2.31. The van der Waals surface area contributed by atoms with Crippen LogP contribution in [0.4, 0.5) is 0 Å². The van der Waals surface area contributed by atoms with E-state index in [0.29, 0.717) is 18.9 Å². The Morgan fingerprint density at radius 3 is 2.83 bits per heavy atom. The molecule has 3 rings (SSSR count). The van der Waals surface area contributed by atoms with Crippen LogP contribution in [0.3, 0.4) is 0 Å². The Balaban J connectivity index is 1.53. The minimum Gasteiger partial charge on any atom is -0.353 e. The third-order valence-corrected chi connectivity index (χ3v) is 5.59. The highest BCUT2D eigenvalue weighted by Crippen LogP contribution is 2.23. The van der Waals surface area contributed by atoms with Gasteiger partial charge in [-0.2, -0.15) is 0 Å². The van der Waals surface area contributed by atoms with Gasteiger partial charge in [0, 0.05) is 17.8 Å². The minimum absolute atomic E-state index is 0.0666. The van der Waals surface area contributed by atoms with Crippen molar-refractivity contribution < 1.29 is 4.79 Å². The summed E-state index contributed by atoms with van der Waals surface area (Å²) in [5.41, 5.74) is 7.95. The lowest BCUT2D eigenvalue weighted by molar-refractivity contribution is -0.121. The van der Waals surface area contributed by atoms with Crippen LogP contribution in [0.2, 0.25) is 0 Å². The van der Waals surface area contributed by atoms with E-state index in [1.54, 1.807) is 11.3 Å². The van der Waals surface area contributed by atoms with Gasteiger partial charge in [-0.3, -0.25) is 4.79 Å². The molecule has 4 nitrogen and oxygen atoms in total. The fourth-order valence-electron chi connectivity index (χ4n) is 3.38. The van der Waals surface area contributed by atoms with Gasteiger partial charge < -0.3 is 11.1 Å². The number of amides is 1. The van der Waals surface area contributed by atoms with E-state index in [1.807, 2.05) is 23.6 Å². The number of aromatic nitrogens is 1. The lowest BCUT2D eigenvalue weighted by Crippen LogP contribution is -2.45. The summed E-state index contributed by atoms with van der Waals surface area (Å²) >= 11 is 1.63. The van der Waals surface area contributed by atoms with E-state index in [1.165, 1.54) is 18.4 Å². The topological polar surface area (TPSA) is 68.0 Å². The number of nitrogens with two attached hydrogens (primary N) is 1. The third kappa shape index (κ3) is 4.65. The molecule has 2 unspecified atom stereocenters. The van der Waals surface area contributed by atoms with Gasteiger partial charge in [-0.1, -0.05) is 43.2 Å². The molecule has 128 valence electrons. The predicted molar refractivity (Wildman–Crippen MR) is 98.0 cm³/mol. The quantitative estimate of drug-likeness (QED) is 0.847. The number of nitrogens with zero attached hydrogens (tertiary/aromatic N) is 1. The van der Waals surface area contributed by atoms with Gasteiger partial charge >= 0.3 is 0 Å². The van der Waals surface area contributed by atoms with Gasteiger partial charge in [0.2, 0.25) is 5.91 Å². The molecular weight excluding hydrogens is 318 g/mol. The summed E-state index contributed by atoms with van der Waals surface area (Å²) in [7, 11) is 0. The fraction of sp³-hybridized carbons (Fsp3) is 0.474. The zero-order valence-corrected chi connectivity index (χ0v) is 14.7. The molecule has 1 aromatic heterocycles. The molecule has 2 aromatic rings. The summed E-state index contributed by atoms with van der Waals surface area (Å²) < 4.78 is 0. The van der Waals surface area contributed by atoms with Crippen LogP contribution in [-0.2, 0) is 17.6 Å². The highest BCUT2D eigenvalue weighted by Gasteiger charge is 2.25. The summed E-state index contributed by atoms with van der Waals surface area (Å²) in [5, 5.41) is 6.23. The van der Waals surface area contributed by atoms with E-state index in [9.17, 15) is 4.79 Å². The average Bonchev–Trinajstić information content (AvgIpc) is 3.03. The smallest absolute Gasteiger partial charge is 0.226 e. The Morgan fingerprint density at radius 1 is 1.25 bits per heavy atom. The van der Waals surface area contributed by atoms with Gasteiger partial charge in [0.1, 0.15) is 0 Å². The first-order valence-corrected chi connectivity index (χ1v) is 9.59. The Morgan fingerprint density at radius 2 is 2.04 bits per heavy atom. The molecule has 0 aliphatic heterocycles. The number of hydrogen-bond donors (Lipinski definition) is 2. The summed E-state index contributed by atoms with van der Waals surface area (Å²) in [6.07, 6.45) is 5.76. The average molecular weight is 343 g/mol. The van der Waals surface area contributed by atoms with Crippen molar-refractivity contribution in [3.8, 4) is 0 Å². The van der Waals surface area contributed by atoms with Crippen LogP contribution in [0.5, 0.6) is 0 Å². The van der Waals surface area contributed by atoms with Gasteiger partial charge in [-0.15, -0.1) is 11.3 Å². The molecule has 0 spiro atoms. The summed E-state index contributed by atoms with van der Waals surface area (Å²) in [4.78, 5) is 16.9. The second-order valence-electron chi connectivity index (χ2n) is 6.53. The van der Waals surface area contributed by atoms with Gasteiger partial charge in [0.25, 0.3) is 0 Å². The molecule has 1 aliphatic carbocycles. The first kappa shape index (κ1) is 17.1. The van der Waals surface area contributed by atoms with Gasteiger partial charge in [0.15, 0.2) is 0 Å². The van der Waals surface area contributed by atoms with Crippen molar-refractivity contribution >= 4 is 17.2 Å². The number of carbonyl (C=O) groups is 1. The number of hydrogen-bond acceptors (Lipinski definition) is 4. The van der Waals surface area contributed by atoms with Crippen LogP contribution < -0.4 is 11.1 Å². The number of benzene rings is 1. The second kappa shape index (κ2) is 8.40. The van der Waals surface area contributed by atoms with Crippen molar-refractivity contribution in [2.45, 2.75) is 44.6 Å². The molecule has 24 heavy (non-hydrogen) atoms. The van der Waals surface area contributed by atoms with E-state index in [0.717, 1.165) is 30.0 Å². The monoisotopic (exact) mass is 343 g/mol. The molecule has 1 aliphatic rings. The third-order valence-electron chi connectivity index (χ3n) is 4.70. The van der Waals surface area contributed by atoms with Crippen LogP contribution in [0, 0.1) is 5.92 Å². The second-order valence-corrected chi connectivity index (χ2v) is 7.47. The van der Waals surface area contributed by atoms with Crippen molar-refractivity contribution in [1.82, 2.24) is 10.3 Å². The fourth-order valence-corrected chi connectivity index (χ4v) is 4.21. The molecule has 0 saturated heterocycles. The lowest BCUT2D eigenvalue weighted by atomic mass is 9.84. The Bertz CT molecular complexity index is 656. The van der Waals surface area contributed by atoms with Gasteiger partial charge in [-0.25, -0.2) is 4.98 Å². The maximum Gasteiger partial charge on any atom is 0.226 e. The van der Waals surface area contributed by atoms with Crippen LogP contribution in [0.25, 0.3) is 0 Å². The maximum absolute atomic E-state index is 12.3. The summed E-state index contributed by atoms with van der Waals surface area (Å²) in [6, 6.07) is 10.5.